The zero-order valence-electron chi connectivity index (χ0n) is 15.8. The number of carbonyl (C=O) groups is 1. The minimum Gasteiger partial charge on any atom is -0.497 e. The van der Waals surface area contributed by atoms with Gasteiger partial charge in [-0.25, -0.2) is 4.79 Å². The molecular weight excluding hydrogens is 346 g/mol. The van der Waals surface area contributed by atoms with Crippen LogP contribution in [0.3, 0.4) is 0 Å². The standard InChI is InChI=1S/C21H25NO5/c1-4-26-20(21(23)24)13-17-6-5-7-18(12-17)15(2)22-27-14-16-8-10-19(25-3)11-9-16/h5-12,20H,4,13-14H2,1-3H3,(H,23,24)/b22-15+. The van der Waals surface area contributed by atoms with Gasteiger partial charge in [0.05, 0.1) is 12.8 Å². The van der Waals surface area contributed by atoms with E-state index in [4.69, 9.17) is 14.3 Å². The highest BCUT2D eigenvalue weighted by Gasteiger charge is 2.18. The molecule has 0 saturated carbocycles. The Balaban J connectivity index is 1.99. The second-order valence-electron chi connectivity index (χ2n) is 5.98. The van der Waals surface area contributed by atoms with Crippen LogP contribution in [-0.2, 0) is 27.4 Å². The van der Waals surface area contributed by atoms with E-state index in [2.05, 4.69) is 5.16 Å². The molecule has 0 saturated heterocycles. The summed E-state index contributed by atoms with van der Waals surface area (Å²) < 4.78 is 10.4. The molecule has 2 aromatic carbocycles. The number of rotatable bonds is 10. The number of nitrogens with zero attached hydrogens (tertiary/aromatic N) is 1. The minimum atomic E-state index is -0.963. The van der Waals surface area contributed by atoms with Crippen LogP contribution in [0.1, 0.15) is 30.5 Å². The molecular formula is C21H25NO5. The van der Waals surface area contributed by atoms with Gasteiger partial charge in [0.2, 0.25) is 0 Å². The van der Waals surface area contributed by atoms with Gasteiger partial charge in [-0.15, -0.1) is 0 Å². The number of aliphatic carboxylic acids is 1. The first kappa shape index (κ1) is 20.5. The van der Waals surface area contributed by atoms with Crippen LogP contribution in [0.15, 0.2) is 53.7 Å². The van der Waals surface area contributed by atoms with Gasteiger partial charge < -0.3 is 19.4 Å². The molecule has 0 spiro atoms. The van der Waals surface area contributed by atoms with Crippen LogP contribution in [0.4, 0.5) is 0 Å². The van der Waals surface area contributed by atoms with Crippen LogP contribution in [0.2, 0.25) is 0 Å². The van der Waals surface area contributed by atoms with Gasteiger partial charge >= 0.3 is 5.97 Å². The zero-order valence-corrected chi connectivity index (χ0v) is 15.8. The smallest absolute Gasteiger partial charge is 0.333 e. The lowest BCUT2D eigenvalue weighted by atomic mass is 10.0. The van der Waals surface area contributed by atoms with Crippen molar-refractivity contribution in [3.8, 4) is 5.75 Å². The SMILES string of the molecule is CCOC(Cc1cccc(/C(C)=N/OCc2ccc(OC)cc2)c1)C(=O)O. The normalized spacial score (nSPS) is 12.5. The van der Waals surface area contributed by atoms with Crippen LogP contribution < -0.4 is 4.74 Å². The summed E-state index contributed by atoms with van der Waals surface area (Å²) in [5.74, 6) is -0.169. The van der Waals surface area contributed by atoms with Gasteiger partial charge in [-0.2, -0.15) is 0 Å². The summed E-state index contributed by atoms with van der Waals surface area (Å²) in [7, 11) is 1.63. The molecule has 1 atom stereocenters. The highest BCUT2D eigenvalue weighted by Crippen LogP contribution is 2.13. The Hall–Kier alpha value is -2.86. The zero-order chi connectivity index (χ0) is 19.6. The van der Waals surface area contributed by atoms with Crippen LogP contribution >= 0.6 is 0 Å². The second-order valence-corrected chi connectivity index (χ2v) is 5.98. The fourth-order valence-corrected chi connectivity index (χ4v) is 2.53. The first-order chi connectivity index (χ1) is 13.0. The van der Waals surface area contributed by atoms with Gasteiger partial charge in [0.1, 0.15) is 12.4 Å². The van der Waals surface area contributed by atoms with Gasteiger partial charge in [0.25, 0.3) is 0 Å². The number of carboxylic acid groups (broad SMARTS) is 1. The van der Waals surface area contributed by atoms with E-state index >= 15 is 0 Å². The van der Waals surface area contributed by atoms with Gasteiger partial charge in [-0.05, 0) is 48.7 Å². The maximum absolute atomic E-state index is 11.3. The van der Waals surface area contributed by atoms with E-state index in [0.29, 0.717) is 25.3 Å². The summed E-state index contributed by atoms with van der Waals surface area (Å²) in [6.07, 6.45) is -0.550. The maximum atomic E-state index is 11.3. The van der Waals surface area contributed by atoms with Crippen molar-refractivity contribution in [1.29, 1.82) is 0 Å². The molecule has 0 bridgehead atoms. The average molecular weight is 371 g/mol. The van der Waals surface area contributed by atoms with Crippen molar-refractivity contribution < 1.29 is 24.2 Å². The Labute approximate surface area is 159 Å². The van der Waals surface area contributed by atoms with Gasteiger partial charge in [-0.3, -0.25) is 0 Å². The van der Waals surface area contributed by atoms with E-state index in [1.165, 1.54) is 0 Å². The molecule has 0 heterocycles. The summed E-state index contributed by atoms with van der Waals surface area (Å²) >= 11 is 0. The Morgan fingerprint density at radius 3 is 2.52 bits per heavy atom. The molecule has 2 aromatic rings. The van der Waals surface area contributed by atoms with E-state index in [9.17, 15) is 9.90 Å². The number of hydrogen-bond acceptors (Lipinski definition) is 5. The Morgan fingerprint density at radius 1 is 1.15 bits per heavy atom. The number of hydrogen-bond donors (Lipinski definition) is 1. The number of benzene rings is 2. The summed E-state index contributed by atoms with van der Waals surface area (Å²) in [5, 5.41) is 13.4. The van der Waals surface area contributed by atoms with Gasteiger partial charge in [-0.1, -0.05) is 35.5 Å². The third kappa shape index (κ3) is 6.42. The van der Waals surface area contributed by atoms with Crippen molar-refractivity contribution in [2.75, 3.05) is 13.7 Å². The highest BCUT2D eigenvalue weighted by molar-refractivity contribution is 5.98. The molecule has 1 N–H and O–H groups in total. The number of carboxylic acids is 1. The molecule has 27 heavy (non-hydrogen) atoms. The van der Waals surface area contributed by atoms with Crippen molar-refractivity contribution in [3.05, 3.63) is 65.2 Å². The van der Waals surface area contributed by atoms with E-state index < -0.39 is 12.1 Å². The molecule has 1 unspecified atom stereocenters. The van der Waals surface area contributed by atoms with Crippen molar-refractivity contribution in [2.24, 2.45) is 5.16 Å². The molecule has 0 amide bonds. The van der Waals surface area contributed by atoms with Crippen LogP contribution in [0, 0.1) is 0 Å². The van der Waals surface area contributed by atoms with Crippen molar-refractivity contribution in [1.82, 2.24) is 0 Å². The van der Waals surface area contributed by atoms with Crippen LogP contribution in [0.5, 0.6) is 5.75 Å². The van der Waals surface area contributed by atoms with Gasteiger partial charge in [0.15, 0.2) is 6.10 Å². The summed E-state index contributed by atoms with van der Waals surface area (Å²) in [4.78, 5) is 16.7. The van der Waals surface area contributed by atoms with E-state index in [0.717, 1.165) is 22.4 Å². The molecule has 0 aliphatic rings. The Kier molecular flexibility index (Phi) is 7.82. The third-order valence-electron chi connectivity index (χ3n) is 4.00. The van der Waals surface area contributed by atoms with Crippen LogP contribution in [0.25, 0.3) is 0 Å². The van der Waals surface area contributed by atoms with Gasteiger partial charge in [0, 0.05) is 13.0 Å². The van der Waals surface area contributed by atoms with Crippen LogP contribution in [-0.4, -0.2) is 36.6 Å². The third-order valence-corrected chi connectivity index (χ3v) is 4.00. The predicted molar refractivity (Wildman–Crippen MR) is 103 cm³/mol. The second kappa shape index (κ2) is 10.3. The van der Waals surface area contributed by atoms with Crippen molar-refractivity contribution >= 4 is 11.7 Å². The molecule has 6 nitrogen and oxygen atoms in total. The highest BCUT2D eigenvalue weighted by atomic mass is 16.6. The fraction of sp³-hybridized carbons (Fsp3) is 0.333. The summed E-state index contributed by atoms with van der Waals surface area (Å²) in [5.41, 5.74) is 3.46. The van der Waals surface area contributed by atoms with E-state index in [1.54, 1.807) is 14.0 Å². The monoisotopic (exact) mass is 371 g/mol. The fourth-order valence-electron chi connectivity index (χ4n) is 2.53. The van der Waals surface area contributed by atoms with Crippen molar-refractivity contribution in [2.45, 2.75) is 33.0 Å². The quantitative estimate of drug-likeness (QED) is 0.509. The molecule has 0 aliphatic carbocycles. The predicted octanol–water partition coefficient (Wildman–Crippen LogP) is 3.67. The molecule has 144 valence electrons. The van der Waals surface area contributed by atoms with Crippen molar-refractivity contribution in [3.63, 3.8) is 0 Å². The lowest BCUT2D eigenvalue weighted by molar-refractivity contribution is -0.149. The number of oxime groups is 1. The summed E-state index contributed by atoms with van der Waals surface area (Å²) in [6, 6.07) is 15.2. The minimum absolute atomic E-state index is 0.303. The number of methoxy groups -OCH3 is 1. The van der Waals surface area contributed by atoms with E-state index in [1.807, 2.05) is 55.5 Å². The Bertz CT molecular complexity index is 770. The molecule has 0 aromatic heterocycles. The molecule has 0 fully saturated rings. The topological polar surface area (TPSA) is 77.3 Å². The maximum Gasteiger partial charge on any atom is 0.333 e. The van der Waals surface area contributed by atoms with E-state index in [-0.39, 0.29) is 0 Å². The molecule has 6 heteroatoms. The lowest BCUT2D eigenvalue weighted by Crippen LogP contribution is -2.26. The Morgan fingerprint density at radius 2 is 1.89 bits per heavy atom. The first-order valence-electron chi connectivity index (χ1n) is 8.76. The summed E-state index contributed by atoms with van der Waals surface area (Å²) in [6.45, 7) is 4.34. The molecule has 2 rings (SSSR count). The first-order valence-corrected chi connectivity index (χ1v) is 8.76. The molecule has 0 aliphatic heterocycles. The lowest BCUT2D eigenvalue weighted by Gasteiger charge is -2.13. The molecule has 0 radical (unpaired) electrons. The largest absolute Gasteiger partial charge is 0.497 e. The number of ether oxygens (including phenoxy) is 2. The average Bonchev–Trinajstić information content (AvgIpc) is 2.68.